The molecule has 1 aliphatic heterocycles. The highest BCUT2D eigenvalue weighted by atomic mass is 19.4. The Morgan fingerprint density at radius 3 is 2.36 bits per heavy atom. The number of aromatic nitrogens is 1. The van der Waals surface area contributed by atoms with Crippen LogP contribution in [0.3, 0.4) is 0 Å². The first kappa shape index (κ1) is 20.2. The zero-order valence-corrected chi connectivity index (χ0v) is 15.8. The van der Waals surface area contributed by atoms with Crippen molar-refractivity contribution in [3.63, 3.8) is 0 Å². The summed E-state index contributed by atoms with van der Waals surface area (Å²) in [6, 6.07) is 10.3. The lowest BCUT2D eigenvalue weighted by molar-refractivity contribution is -0.137. The Hall–Kier alpha value is -2.57. The first-order valence-corrected chi connectivity index (χ1v) is 9.55. The van der Waals surface area contributed by atoms with Gasteiger partial charge in [0, 0.05) is 30.9 Å². The van der Waals surface area contributed by atoms with Crippen molar-refractivity contribution in [2.24, 2.45) is 5.92 Å². The monoisotopic (exact) mass is 391 g/mol. The van der Waals surface area contributed by atoms with Gasteiger partial charge in [0.25, 0.3) is 0 Å². The smallest absolute Gasteiger partial charge is 0.357 e. The largest absolute Gasteiger partial charge is 0.417 e. The van der Waals surface area contributed by atoms with E-state index in [1.54, 1.807) is 0 Å². The van der Waals surface area contributed by atoms with Gasteiger partial charge in [-0.15, -0.1) is 0 Å². The molecule has 1 aromatic carbocycles. The first-order chi connectivity index (χ1) is 13.4. The SMILES string of the molecule is CCCc1ccc(NC(=O)C2CCN(c3ccc(C(F)(F)F)cn3)CC2)cc1. The number of piperidine rings is 1. The van der Waals surface area contributed by atoms with E-state index in [0.717, 1.165) is 30.8 Å². The number of hydrogen-bond donors (Lipinski definition) is 1. The Morgan fingerprint density at radius 2 is 1.82 bits per heavy atom. The summed E-state index contributed by atoms with van der Waals surface area (Å²) in [7, 11) is 0. The van der Waals surface area contributed by atoms with E-state index >= 15 is 0 Å². The molecule has 1 fully saturated rings. The summed E-state index contributed by atoms with van der Waals surface area (Å²) in [6.07, 6.45) is -0.144. The van der Waals surface area contributed by atoms with Crippen LogP contribution in [0.2, 0.25) is 0 Å². The van der Waals surface area contributed by atoms with Gasteiger partial charge in [0.2, 0.25) is 5.91 Å². The van der Waals surface area contributed by atoms with Gasteiger partial charge < -0.3 is 10.2 Å². The molecule has 7 heteroatoms. The molecule has 0 spiro atoms. The van der Waals surface area contributed by atoms with Gasteiger partial charge in [0.1, 0.15) is 5.82 Å². The summed E-state index contributed by atoms with van der Waals surface area (Å²) in [5.74, 6) is 0.391. The lowest BCUT2D eigenvalue weighted by Crippen LogP contribution is -2.38. The van der Waals surface area contributed by atoms with Crippen molar-refractivity contribution in [3.05, 3.63) is 53.7 Å². The van der Waals surface area contributed by atoms with E-state index in [9.17, 15) is 18.0 Å². The van der Waals surface area contributed by atoms with Crippen molar-refractivity contribution < 1.29 is 18.0 Å². The molecule has 28 heavy (non-hydrogen) atoms. The van der Waals surface area contributed by atoms with Gasteiger partial charge in [-0.1, -0.05) is 25.5 Å². The zero-order valence-electron chi connectivity index (χ0n) is 15.8. The van der Waals surface area contributed by atoms with E-state index in [4.69, 9.17) is 0 Å². The fourth-order valence-electron chi connectivity index (χ4n) is 3.40. The fraction of sp³-hybridized carbons (Fsp3) is 0.429. The molecule has 0 radical (unpaired) electrons. The molecule has 0 unspecified atom stereocenters. The summed E-state index contributed by atoms with van der Waals surface area (Å²) in [5.41, 5.74) is 1.28. The second-order valence-corrected chi connectivity index (χ2v) is 7.10. The molecule has 1 saturated heterocycles. The number of amides is 1. The van der Waals surface area contributed by atoms with Gasteiger partial charge in [-0.25, -0.2) is 4.98 Å². The van der Waals surface area contributed by atoms with Crippen LogP contribution in [-0.2, 0) is 17.4 Å². The summed E-state index contributed by atoms with van der Waals surface area (Å²) >= 11 is 0. The van der Waals surface area contributed by atoms with Crippen molar-refractivity contribution >= 4 is 17.4 Å². The van der Waals surface area contributed by atoms with Gasteiger partial charge in [0.05, 0.1) is 5.56 Å². The van der Waals surface area contributed by atoms with Crippen LogP contribution in [0.5, 0.6) is 0 Å². The summed E-state index contributed by atoms with van der Waals surface area (Å²) in [4.78, 5) is 18.4. The van der Waals surface area contributed by atoms with E-state index in [2.05, 4.69) is 17.2 Å². The third-order valence-electron chi connectivity index (χ3n) is 5.03. The predicted molar refractivity (Wildman–Crippen MR) is 103 cm³/mol. The van der Waals surface area contributed by atoms with Crippen molar-refractivity contribution in [3.8, 4) is 0 Å². The molecular weight excluding hydrogens is 367 g/mol. The number of halogens is 3. The molecule has 2 aromatic rings. The Labute approximate surface area is 162 Å². The third-order valence-corrected chi connectivity index (χ3v) is 5.03. The van der Waals surface area contributed by atoms with Gasteiger partial charge in [-0.05, 0) is 49.1 Å². The van der Waals surface area contributed by atoms with Crippen LogP contribution in [-0.4, -0.2) is 24.0 Å². The maximum Gasteiger partial charge on any atom is 0.417 e. The number of aryl methyl sites for hydroxylation is 1. The highest BCUT2D eigenvalue weighted by molar-refractivity contribution is 5.92. The molecule has 150 valence electrons. The number of carbonyl (C=O) groups is 1. The van der Waals surface area contributed by atoms with E-state index in [0.29, 0.717) is 31.7 Å². The molecule has 3 rings (SSSR count). The van der Waals surface area contributed by atoms with Crippen molar-refractivity contribution in [1.29, 1.82) is 0 Å². The second kappa shape index (κ2) is 8.63. The van der Waals surface area contributed by atoms with Gasteiger partial charge >= 0.3 is 6.18 Å². The standard InChI is InChI=1S/C21H24F3N3O/c1-2-3-15-4-7-18(8-5-15)26-20(28)16-10-12-27(13-11-16)19-9-6-17(14-25-19)21(22,23)24/h4-9,14,16H,2-3,10-13H2,1H3,(H,26,28). The van der Waals surface area contributed by atoms with Crippen molar-refractivity contribution in [2.75, 3.05) is 23.3 Å². The molecule has 0 atom stereocenters. The minimum Gasteiger partial charge on any atom is -0.357 e. The van der Waals surface area contributed by atoms with E-state index < -0.39 is 11.7 Å². The number of anilines is 2. The number of alkyl halides is 3. The average molecular weight is 391 g/mol. The molecule has 0 bridgehead atoms. The summed E-state index contributed by atoms with van der Waals surface area (Å²) in [5, 5.41) is 2.96. The number of benzene rings is 1. The van der Waals surface area contributed by atoms with Crippen LogP contribution in [0.25, 0.3) is 0 Å². The molecule has 1 N–H and O–H groups in total. The number of nitrogens with zero attached hydrogens (tertiary/aromatic N) is 2. The van der Waals surface area contributed by atoms with E-state index in [1.807, 2.05) is 29.2 Å². The number of hydrogen-bond acceptors (Lipinski definition) is 3. The average Bonchev–Trinajstić information content (AvgIpc) is 2.69. The lowest BCUT2D eigenvalue weighted by atomic mass is 9.95. The molecule has 1 aromatic heterocycles. The van der Waals surface area contributed by atoms with Crippen LogP contribution >= 0.6 is 0 Å². The summed E-state index contributed by atoms with van der Waals surface area (Å²) in [6.45, 7) is 3.31. The minimum atomic E-state index is -4.38. The molecule has 4 nitrogen and oxygen atoms in total. The van der Waals surface area contributed by atoms with Gasteiger partial charge in [-0.3, -0.25) is 4.79 Å². The Morgan fingerprint density at radius 1 is 1.14 bits per heavy atom. The van der Waals surface area contributed by atoms with Crippen LogP contribution in [0.15, 0.2) is 42.6 Å². The topological polar surface area (TPSA) is 45.2 Å². The van der Waals surface area contributed by atoms with Crippen LogP contribution in [0.1, 0.15) is 37.3 Å². The fourth-order valence-corrected chi connectivity index (χ4v) is 3.40. The highest BCUT2D eigenvalue weighted by Crippen LogP contribution is 2.30. The number of carbonyl (C=O) groups excluding carboxylic acids is 1. The number of rotatable bonds is 5. The third kappa shape index (κ3) is 5.03. The van der Waals surface area contributed by atoms with Crippen LogP contribution < -0.4 is 10.2 Å². The molecule has 1 amide bonds. The first-order valence-electron chi connectivity index (χ1n) is 9.55. The quantitative estimate of drug-likeness (QED) is 0.788. The Bertz CT molecular complexity index is 780. The van der Waals surface area contributed by atoms with E-state index in [-0.39, 0.29) is 11.8 Å². The normalized spacial score (nSPS) is 15.5. The van der Waals surface area contributed by atoms with Gasteiger partial charge in [-0.2, -0.15) is 13.2 Å². The number of pyridine rings is 1. The van der Waals surface area contributed by atoms with E-state index in [1.165, 1.54) is 11.6 Å². The Kier molecular flexibility index (Phi) is 6.21. The predicted octanol–water partition coefficient (Wildman–Crippen LogP) is 4.91. The second-order valence-electron chi connectivity index (χ2n) is 7.10. The van der Waals surface area contributed by atoms with Crippen LogP contribution in [0, 0.1) is 5.92 Å². The van der Waals surface area contributed by atoms with Crippen molar-refractivity contribution in [1.82, 2.24) is 4.98 Å². The van der Waals surface area contributed by atoms with Gasteiger partial charge in [0.15, 0.2) is 0 Å². The number of nitrogens with one attached hydrogen (secondary N) is 1. The maximum atomic E-state index is 12.6. The lowest BCUT2D eigenvalue weighted by Gasteiger charge is -2.32. The molecular formula is C21H24F3N3O. The molecule has 1 aliphatic rings. The molecule has 2 heterocycles. The molecule has 0 saturated carbocycles. The van der Waals surface area contributed by atoms with Crippen LogP contribution in [0.4, 0.5) is 24.7 Å². The Balaban J connectivity index is 1.52. The van der Waals surface area contributed by atoms with Crippen molar-refractivity contribution in [2.45, 2.75) is 38.8 Å². The maximum absolute atomic E-state index is 12.6. The molecule has 0 aliphatic carbocycles. The minimum absolute atomic E-state index is 0.0109. The zero-order chi connectivity index (χ0) is 20.1. The highest BCUT2D eigenvalue weighted by Gasteiger charge is 2.31. The summed E-state index contributed by atoms with van der Waals surface area (Å²) < 4.78 is 37.9.